The summed E-state index contributed by atoms with van der Waals surface area (Å²) in [5.74, 6) is 0.623. The van der Waals surface area contributed by atoms with Crippen LogP contribution in [0.15, 0.2) is 30.3 Å². The summed E-state index contributed by atoms with van der Waals surface area (Å²) in [6.45, 7) is 6.75. The zero-order valence-electron chi connectivity index (χ0n) is 10.5. The van der Waals surface area contributed by atoms with Gasteiger partial charge in [-0.25, -0.2) is 0 Å². The zero-order chi connectivity index (χ0) is 12.0. The summed E-state index contributed by atoms with van der Waals surface area (Å²) in [7, 11) is 0. The molecule has 0 aliphatic heterocycles. The monoisotopic (exact) mass is 221 g/mol. The van der Waals surface area contributed by atoms with E-state index in [1.54, 1.807) is 0 Å². The summed E-state index contributed by atoms with van der Waals surface area (Å²) in [5, 5.41) is 12.9. The van der Waals surface area contributed by atoms with Crippen molar-refractivity contribution in [1.82, 2.24) is 5.32 Å². The van der Waals surface area contributed by atoms with E-state index in [1.807, 2.05) is 18.2 Å². The molecule has 3 unspecified atom stereocenters. The molecule has 1 rings (SSSR count). The lowest BCUT2D eigenvalue weighted by Gasteiger charge is -2.26. The molecular weight excluding hydrogens is 198 g/mol. The maximum atomic E-state index is 9.42. The number of nitrogens with one attached hydrogen (secondary N) is 1. The summed E-state index contributed by atoms with van der Waals surface area (Å²) >= 11 is 0. The van der Waals surface area contributed by atoms with Crippen LogP contribution >= 0.6 is 0 Å². The Labute approximate surface area is 98.7 Å². The highest BCUT2D eigenvalue weighted by Gasteiger charge is 2.16. The first kappa shape index (κ1) is 13.2. The lowest BCUT2D eigenvalue weighted by Crippen LogP contribution is -2.36. The Morgan fingerprint density at radius 3 is 2.31 bits per heavy atom. The molecule has 2 N–H and O–H groups in total. The van der Waals surface area contributed by atoms with Crippen LogP contribution in [0.2, 0.25) is 0 Å². The molecular formula is C14H23NO. The van der Waals surface area contributed by atoms with Crippen molar-refractivity contribution in [2.45, 2.75) is 39.3 Å². The minimum absolute atomic E-state index is 0.0465. The third-order valence-electron chi connectivity index (χ3n) is 3.35. The van der Waals surface area contributed by atoms with Crippen molar-refractivity contribution in [2.75, 3.05) is 6.61 Å². The van der Waals surface area contributed by atoms with E-state index in [0.29, 0.717) is 12.0 Å². The predicted molar refractivity (Wildman–Crippen MR) is 68.3 cm³/mol. The maximum Gasteiger partial charge on any atom is 0.0626 e. The second-order valence-corrected chi connectivity index (χ2v) is 4.49. The zero-order valence-corrected chi connectivity index (χ0v) is 10.5. The Bertz CT molecular complexity index is 286. The Hall–Kier alpha value is -0.860. The summed E-state index contributed by atoms with van der Waals surface area (Å²) in [6.07, 6.45) is 1.15. The molecule has 0 bridgehead atoms. The predicted octanol–water partition coefficient (Wildman–Crippen LogP) is 2.74. The van der Waals surface area contributed by atoms with Crippen LogP contribution in [0.3, 0.4) is 0 Å². The largest absolute Gasteiger partial charge is 0.394 e. The second-order valence-electron chi connectivity index (χ2n) is 4.49. The quantitative estimate of drug-likeness (QED) is 0.774. The minimum Gasteiger partial charge on any atom is -0.394 e. The molecule has 0 aromatic heterocycles. The first-order chi connectivity index (χ1) is 7.69. The number of aliphatic hydroxyl groups is 1. The Kier molecular flexibility index (Phi) is 5.50. The van der Waals surface area contributed by atoms with Crippen LogP contribution in [-0.4, -0.2) is 17.8 Å². The highest BCUT2D eigenvalue weighted by Crippen LogP contribution is 2.15. The first-order valence-electron chi connectivity index (χ1n) is 6.10. The first-order valence-corrected chi connectivity index (χ1v) is 6.10. The van der Waals surface area contributed by atoms with Gasteiger partial charge in [0.05, 0.1) is 12.6 Å². The Morgan fingerprint density at radius 1 is 1.19 bits per heavy atom. The fourth-order valence-corrected chi connectivity index (χ4v) is 1.77. The molecule has 0 aliphatic rings. The summed E-state index contributed by atoms with van der Waals surface area (Å²) in [5.41, 5.74) is 1.15. The highest BCUT2D eigenvalue weighted by molar-refractivity contribution is 5.19. The van der Waals surface area contributed by atoms with Gasteiger partial charge in [-0.3, -0.25) is 0 Å². The molecule has 2 nitrogen and oxygen atoms in total. The van der Waals surface area contributed by atoms with E-state index in [2.05, 4.69) is 38.2 Å². The standard InChI is InChI=1S/C14H23NO/c1-4-11(2)12(3)15-14(10-16)13-8-6-5-7-9-13/h5-9,11-12,14-16H,4,10H2,1-3H3. The average Bonchev–Trinajstić information content (AvgIpc) is 2.35. The molecule has 0 saturated heterocycles. The van der Waals surface area contributed by atoms with E-state index in [1.165, 1.54) is 0 Å². The number of hydrogen-bond donors (Lipinski definition) is 2. The molecule has 0 spiro atoms. The van der Waals surface area contributed by atoms with Crippen molar-refractivity contribution < 1.29 is 5.11 Å². The highest BCUT2D eigenvalue weighted by atomic mass is 16.3. The van der Waals surface area contributed by atoms with Crippen molar-refractivity contribution in [3.63, 3.8) is 0 Å². The third-order valence-corrected chi connectivity index (χ3v) is 3.35. The van der Waals surface area contributed by atoms with Gasteiger partial charge in [0, 0.05) is 6.04 Å². The molecule has 0 aliphatic carbocycles. The lowest BCUT2D eigenvalue weighted by atomic mass is 9.98. The Morgan fingerprint density at radius 2 is 1.81 bits per heavy atom. The van der Waals surface area contributed by atoms with Gasteiger partial charge in [0.2, 0.25) is 0 Å². The van der Waals surface area contributed by atoms with E-state index in [9.17, 15) is 5.11 Å². The third kappa shape index (κ3) is 3.62. The van der Waals surface area contributed by atoms with E-state index >= 15 is 0 Å². The van der Waals surface area contributed by atoms with Gasteiger partial charge >= 0.3 is 0 Å². The van der Waals surface area contributed by atoms with E-state index < -0.39 is 0 Å². The van der Waals surface area contributed by atoms with Crippen LogP contribution in [-0.2, 0) is 0 Å². The second kappa shape index (κ2) is 6.66. The molecule has 16 heavy (non-hydrogen) atoms. The molecule has 0 fully saturated rings. The van der Waals surface area contributed by atoms with Crippen molar-refractivity contribution in [3.8, 4) is 0 Å². The van der Waals surface area contributed by atoms with Crippen LogP contribution in [0.25, 0.3) is 0 Å². The molecule has 3 atom stereocenters. The average molecular weight is 221 g/mol. The molecule has 0 radical (unpaired) electrons. The van der Waals surface area contributed by atoms with E-state index in [4.69, 9.17) is 0 Å². The van der Waals surface area contributed by atoms with Crippen molar-refractivity contribution in [3.05, 3.63) is 35.9 Å². The molecule has 90 valence electrons. The molecule has 1 aromatic rings. The molecule has 0 saturated carbocycles. The smallest absolute Gasteiger partial charge is 0.0626 e. The van der Waals surface area contributed by atoms with Gasteiger partial charge in [0.1, 0.15) is 0 Å². The van der Waals surface area contributed by atoms with Gasteiger partial charge in [-0.05, 0) is 18.4 Å². The fraction of sp³-hybridized carbons (Fsp3) is 0.571. The number of rotatable bonds is 6. The molecule has 0 amide bonds. The maximum absolute atomic E-state index is 9.42. The lowest BCUT2D eigenvalue weighted by molar-refractivity contribution is 0.221. The van der Waals surface area contributed by atoms with Crippen LogP contribution in [0.5, 0.6) is 0 Å². The Balaban J connectivity index is 2.62. The van der Waals surface area contributed by atoms with Crippen LogP contribution in [0.4, 0.5) is 0 Å². The number of hydrogen-bond acceptors (Lipinski definition) is 2. The SMILES string of the molecule is CCC(C)C(C)NC(CO)c1ccccc1. The topological polar surface area (TPSA) is 32.3 Å². The number of aliphatic hydroxyl groups excluding tert-OH is 1. The summed E-state index contributed by atoms with van der Waals surface area (Å²) < 4.78 is 0. The summed E-state index contributed by atoms with van der Waals surface area (Å²) in [6, 6.07) is 10.6. The van der Waals surface area contributed by atoms with E-state index in [-0.39, 0.29) is 12.6 Å². The van der Waals surface area contributed by atoms with Crippen molar-refractivity contribution in [2.24, 2.45) is 5.92 Å². The molecule has 2 heteroatoms. The molecule has 0 heterocycles. The van der Waals surface area contributed by atoms with Gasteiger partial charge in [0.15, 0.2) is 0 Å². The number of benzene rings is 1. The fourth-order valence-electron chi connectivity index (χ4n) is 1.77. The molecule has 1 aromatic carbocycles. The van der Waals surface area contributed by atoms with Crippen LogP contribution in [0, 0.1) is 5.92 Å². The van der Waals surface area contributed by atoms with Gasteiger partial charge < -0.3 is 10.4 Å². The minimum atomic E-state index is 0.0465. The van der Waals surface area contributed by atoms with Gasteiger partial charge in [0.25, 0.3) is 0 Å². The van der Waals surface area contributed by atoms with Crippen LogP contribution < -0.4 is 5.32 Å². The van der Waals surface area contributed by atoms with Crippen molar-refractivity contribution in [1.29, 1.82) is 0 Å². The van der Waals surface area contributed by atoms with Gasteiger partial charge in [-0.2, -0.15) is 0 Å². The van der Waals surface area contributed by atoms with Crippen LogP contribution in [0.1, 0.15) is 38.8 Å². The van der Waals surface area contributed by atoms with Gasteiger partial charge in [-0.15, -0.1) is 0 Å². The normalized spacial score (nSPS) is 16.8. The summed E-state index contributed by atoms with van der Waals surface area (Å²) in [4.78, 5) is 0. The van der Waals surface area contributed by atoms with Crippen molar-refractivity contribution >= 4 is 0 Å². The van der Waals surface area contributed by atoms with Gasteiger partial charge in [-0.1, -0.05) is 50.6 Å². The van der Waals surface area contributed by atoms with E-state index in [0.717, 1.165) is 12.0 Å².